The van der Waals surface area contributed by atoms with Gasteiger partial charge >= 0.3 is 5.97 Å². The molecule has 1 aromatic rings. The topological polar surface area (TPSA) is 46.6 Å². The molecular formula is C15H17NO3. The van der Waals surface area contributed by atoms with E-state index in [0.29, 0.717) is 5.69 Å². The molecule has 1 aliphatic heterocycles. The number of benzene rings is 1. The fraction of sp³-hybridized carbons (Fsp3) is 0.467. The highest BCUT2D eigenvalue weighted by atomic mass is 16.7. The average molecular weight is 259 g/mol. The van der Waals surface area contributed by atoms with Crippen LogP contribution in [0.5, 0.6) is 0 Å². The van der Waals surface area contributed by atoms with E-state index < -0.39 is 5.92 Å². The predicted molar refractivity (Wildman–Crippen MR) is 70.1 cm³/mol. The Hall–Kier alpha value is -1.84. The highest BCUT2D eigenvalue weighted by molar-refractivity contribution is 6.10. The van der Waals surface area contributed by atoms with Gasteiger partial charge in [-0.25, -0.2) is 4.79 Å². The molecule has 4 heteroatoms. The first-order valence-corrected chi connectivity index (χ1v) is 6.88. The van der Waals surface area contributed by atoms with Crippen LogP contribution < -0.4 is 5.06 Å². The van der Waals surface area contributed by atoms with Crippen molar-refractivity contribution in [2.75, 3.05) is 5.06 Å². The van der Waals surface area contributed by atoms with Crippen molar-refractivity contribution in [2.45, 2.75) is 32.1 Å². The lowest BCUT2D eigenvalue weighted by molar-refractivity contribution is -0.143. The van der Waals surface area contributed by atoms with Crippen LogP contribution in [-0.4, -0.2) is 11.9 Å². The molecule has 3 rings (SSSR count). The summed E-state index contributed by atoms with van der Waals surface area (Å²) in [6.45, 7) is 0. The van der Waals surface area contributed by atoms with Crippen molar-refractivity contribution >= 4 is 17.6 Å². The minimum Gasteiger partial charge on any atom is -0.332 e. The Morgan fingerprint density at radius 1 is 1.00 bits per heavy atom. The Morgan fingerprint density at radius 2 is 1.68 bits per heavy atom. The maximum Gasteiger partial charge on any atom is 0.345 e. The van der Waals surface area contributed by atoms with Crippen LogP contribution in [0.4, 0.5) is 5.69 Å². The molecule has 1 unspecified atom stereocenters. The fourth-order valence-electron chi connectivity index (χ4n) is 3.02. The van der Waals surface area contributed by atoms with Gasteiger partial charge in [0.1, 0.15) is 5.92 Å². The van der Waals surface area contributed by atoms with Gasteiger partial charge in [0.2, 0.25) is 0 Å². The Balaban J connectivity index is 1.81. The number of carbonyl (C=O) groups excluding carboxylic acids is 2. The SMILES string of the molecule is O=C1ON(c2ccccc2)C(=O)C1C1CCCCC1. The fourth-order valence-corrected chi connectivity index (χ4v) is 3.02. The van der Waals surface area contributed by atoms with E-state index in [1.165, 1.54) is 6.42 Å². The highest BCUT2D eigenvalue weighted by Gasteiger charge is 2.47. The second kappa shape index (κ2) is 5.03. The van der Waals surface area contributed by atoms with Crippen LogP contribution in [-0.2, 0) is 14.4 Å². The summed E-state index contributed by atoms with van der Waals surface area (Å²) in [7, 11) is 0. The molecule has 1 atom stereocenters. The zero-order chi connectivity index (χ0) is 13.2. The van der Waals surface area contributed by atoms with Crippen molar-refractivity contribution in [1.82, 2.24) is 0 Å². The van der Waals surface area contributed by atoms with Crippen molar-refractivity contribution in [3.8, 4) is 0 Å². The number of rotatable bonds is 2. The van der Waals surface area contributed by atoms with Gasteiger partial charge in [0.15, 0.2) is 0 Å². The van der Waals surface area contributed by atoms with E-state index in [4.69, 9.17) is 4.84 Å². The minimum atomic E-state index is -0.597. The molecule has 2 aliphatic rings. The third-order valence-corrected chi connectivity index (χ3v) is 4.01. The number of hydrogen-bond acceptors (Lipinski definition) is 3. The van der Waals surface area contributed by atoms with E-state index in [0.717, 1.165) is 30.7 Å². The van der Waals surface area contributed by atoms with Crippen LogP contribution >= 0.6 is 0 Å². The summed E-state index contributed by atoms with van der Waals surface area (Å²) in [4.78, 5) is 29.5. The lowest BCUT2D eigenvalue weighted by Crippen LogP contribution is -2.31. The van der Waals surface area contributed by atoms with Gasteiger partial charge in [-0.1, -0.05) is 37.5 Å². The van der Waals surface area contributed by atoms with Crippen molar-refractivity contribution in [3.63, 3.8) is 0 Å². The van der Waals surface area contributed by atoms with Gasteiger partial charge in [-0.3, -0.25) is 4.79 Å². The Morgan fingerprint density at radius 3 is 2.37 bits per heavy atom. The number of carbonyl (C=O) groups is 2. The van der Waals surface area contributed by atoms with E-state index in [1.807, 2.05) is 18.2 Å². The quantitative estimate of drug-likeness (QED) is 0.767. The summed E-state index contributed by atoms with van der Waals surface area (Å²) in [5, 5.41) is 1.15. The molecule has 2 fully saturated rings. The Bertz CT molecular complexity index is 479. The van der Waals surface area contributed by atoms with Crippen molar-refractivity contribution in [2.24, 2.45) is 11.8 Å². The second-order valence-electron chi connectivity index (χ2n) is 5.25. The lowest BCUT2D eigenvalue weighted by Gasteiger charge is -2.23. The zero-order valence-corrected chi connectivity index (χ0v) is 10.7. The van der Waals surface area contributed by atoms with Crippen LogP contribution in [0.2, 0.25) is 0 Å². The zero-order valence-electron chi connectivity index (χ0n) is 10.7. The van der Waals surface area contributed by atoms with Gasteiger partial charge < -0.3 is 4.84 Å². The van der Waals surface area contributed by atoms with E-state index in [-0.39, 0.29) is 17.8 Å². The van der Waals surface area contributed by atoms with E-state index >= 15 is 0 Å². The van der Waals surface area contributed by atoms with Gasteiger partial charge in [-0.15, -0.1) is 5.06 Å². The molecule has 1 heterocycles. The summed E-state index contributed by atoms with van der Waals surface area (Å²) < 4.78 is 0. The van der Waals surface area contributed by atoms with Crippen LogP contribution in [0.3, 0.4) is 0 Å². The Labute approximate surface area is 112 Å². The van der Waals surface area contributed by atoms with Crippen molar-refractivity contribution < 1.29 is 14.4 Å². The number of amides is 1. The highest BCUT2D eigenvalue weighted by Crippen LogP contribution is 2.36. The van der Waals surface area contributed by atoms with Gasteiger partial charge in [-0.05, 0) is 30.9 Å². The van der Waals surface area contributed by atoms with E-state index in [2.05, 4.69) is 0 Å². The molecule has 0 spiro atoms. The monoisotopic (exact) mass is 259 g/mol. The van der Waals surface area contributed by atoms with Gasteiger partial charge in [-0.2, -0.15) is 0 Å². The number of anilines is 1. The molecule has 0 aromatic heterocycles. The maximum absolute atomic E-state index is 12.4. The smallest absolute Gasteiger partial charge is 0.332 e. The van der Waals surface area contributed by atoms with E-state index in [1.54, 1.807) is 12.1 Å². The maximum atomic E-state index is 12.4. The minimum absolute atomic E-state index is 0.155. The van der Waals surface area contributed by atoms with Crippen LogP contribution in [0, 0.1) is 11.8 Å². The first-order chi connectivity index (χ1) is 9.27. The summed E-state index contributed by atoms with van der Waals surface area (Å²) in [5.41, 5.74) is 0.624. The van der Waals surface area contributed by atoms with Crippen LogP contribution in [0.1, 0.15) is 32.1 Å². The average Bonchev–Trinajstić information content (AvgIpc) is 2.76. The molecule has 1 aliphatic carbocycles. The van der Waals surface area contributed by atoms with Crippen LogP contribution in [0.15, 0.2) is 30.3 Å². The largest absolute Gasteiger partial charge is 0.345 e. The first-order valence-electron chi connectivity index (χ1n) is 6.88. The first kappa shape index (κ1) is 12.2. The van der Waals surface area contributed by atoms with Crippen LogP contribution in [0.25, 0.3) is 0 Å². The molecule has 1 aromatic carbocycles. The molecule has 0 bridgehead atoms. The molecule has 1 saturated carbocycles. The van der Waals surface area contributed by atoms with Crippen molar-refractivity contribution in [3.05, 3.63) is 30.3 Å². The molecule has 1 amide bonds. The summed E-state index contributed by atoms with van der Waals surface area (Å²) in [6.07, 6.45) is 5.32. The summed E-state index contributed by atoms with van der Waals surface area (Å²) in [5.74, 6) is -1.04. The molecule has 1 saturated heterocycles. The van der Waals surface area contributed by atoms with Gasteiger partial charge in [0, 0.05) is 0 Å². The third-order valence-electron chi connectivity index (χ3n) is 4.01. The molecular weight excluding hydrogens is 242 g/mol. The molecule has 19 heavy (non-hydrogen) atoms. The molecule has 4 nitrogen and oxygen atoms in total. The number of hydrogen-bond donors (Lipinski definition) is 0. The summed E-state index contributed by atoms with van der Waals surface area (Å²) in [6, 6.07) is 9.06. The van der Waals surface area contributed by atoms with Gasteiger partial charge in [0.05, 0.1) is 5.69 Å². The van der Waals surface area contributed by atoms with Crippen molar-refractivity contribution in [1.29, 1.82) is 0 Å². The third kappa shape index (κ3) is 2.23. The Kier molecular flexibility index (Phi) is 3.23. The van der Waals surface area contributed by atoms with Gasteiger partial charge in [0.25, 0.3) is 5.91 Å². The predicted octanol–water partition coefficient (Wildman–Crippen LogP) is 2.69. The molecule has 0 N–H and O–H groups in total. The molecule has 0 radical (unpaired) electrons. The van der Waals surface area contributed by atoms with E-state index in [9.17, 15) is 9.59 Å². The number of hydroxylamine groups is 1. The standard InChI is InChI=1S/C15H17NO3/c17-14-13(11-7-3-1-4-8-11)15(18)19-16(14)12-9-5-2-6-10-12/h2,5-6,9-11,13H,1,3-4,7-8H2. The second-order valence-corrected chi connectivity index (χ2v) is 5.25. The normalized spacial score (nSPS) is 24.6. The lowest BCUT2D eigenvalue weighted by atomic mass is 9.80. The summed E-state index contributed by atoms with van der Waals surface area (Å²) >= 11 is 0. The number of para-hydroxylation sites is 1. The molecule has 100 valence electrons. The number of nitrogens with zero attached hydrogens (tertiary/aromatic N) is 1.